The van der Waals surface area contributed by atoms with Crippen LogP contribution in [0.15, 0.2) is 67.9 Å². The second-order valence-corrected chi connectivity index (χ2v) is 15.2. The summed E-state index contributed by atoms with van der Waals surface area (Å²) >= 11 is 13.8. The fourth-order valence-corrected chi connectivity index (χ4v) is 8.11. The number of Topliss-reactive ketones (excluding diaryl/α,β-unsaturated/α-hetero) is 2. The van der Waals surface area contributed by atoms with E-state index in [4.69, 9.17) is 16.3 Å². The van der Waals surface area contributed by atoms with Crippen LogP contribution in [-0.4, -0.2) is 34.1 Å². The minimum atomic E-state index is -0.921. The number of carbonyl (C=O) groups excluding carboxylic acids is 2. The van der Waals surface area contributed by atoms with Crippen LogP contribution in [0, 0.1) is 10.8 Å². The normalized spacial score (nSPS) is 20.0. The fraction of sp³-hybridized carbons (Fsp3) is 0.424. The molecule has 1 aliphatic heterocycles. The number of rotatable bonds is 7. The summed E-state index contributed by atoms with van der Waals surface area (Å²) in [5.41, 5.74) is 3.68. The van der Waals surface area contributed by atoms with Crippen LogP contribution in [0.2, 0.25) is 5.02 Å². The van der Waals surface area contributed by atoms with Crippen molar-refractivity contribution in [3.8, 4) is 5.75 Å². The first-order chi connectivity index (χ1) is 19.7. The summed E-state index contributed by atoms with van der Waals surface area (Å²) in [6.45, 7) is 8.65. The first-order valence-corrected chi connectivity index (χ1v) is 16.0. The number of hydrogen-bond donors (Lipinski definition) is 1. The van der Waals surface area contributed by atoms with Crippen LogP contribution < -0.4 is 4.74 Å². The van der Waals surface area contributed by atoms with E-state index in [-0.39, 0.29) is 42.0 Å². The molecule has 5 rings (SSSR count). The minimum absolute atomic E-state index is 0.0242. The van der Waals surface area contributed by atoms with Gasteiger partial charge in [0.2, 0.25) is 0 Å². The van der Waals surface area contributed by atoms with E-state index < -0.39 is 11.9 Å². The summed E-state index contributed by atoms with van der Waals surface area (Å²) in [6, 6.07) is 11.3. The van der Waals surface area contributed by atoms with Gasteiger partial charge in [-0.3, -0.25) is 14.4 Å². The maximum absolute atomic E-state index is 14.1. The van der Waals surface area contributed by atoms with Crippen molar-refractivity contribution in [3.63, 3.8) is 0 Å². The molecule has 6 nitrogen and oxygen atoms in total. The molecule has 2 aromatic carbocycles. The Bertz CT molecular complexity index is 1500. The lowest BCUT2D eigenvalue weighted by Gasteiger charge is -2.49. The average Bonchev–Trinajstić information content (AvgIpc) is 2.85. The molecule has 9 heteroatoms. The van der Waals surface area contributed by atoms with Crippen molar-refractivity contribution < 1.29 is 24.2 Å². The zero-order valence-corrected chi connectivity index (χ0v) is 28.1. The van der Waals surface area contributed by atoms with Gasteiger partial charge in [0.15, 0.2) is 11.6 Å². The number of aliphatic carboxylic acids is 1. The molecule has 222 valence electrons. The standard InChI is InChI=1S/C33H34Br2ClNO5/c1-32(2)13-23-29(25(38)15-32)28(30-24(37(23)10-9-27(40)41)14-33(3,4)16-26(30)39)20-11-19(34)12-21(35)31(20)42-17-18-7-5-6-8-22(18)36/h5-8,11-12,28H,9-10,13-17H2,1-4H3,(H,40,41). The first kappa shape index (κ1) is 31.0. The third-order valence-corrected chi connectivity index (χ3v) is 9.66. The van der Waals surface area contributed by atoms with Gasteiger partial charge in [0.1, 0.15) is 12.4 Å². The maximum atomic E-state index is 14.1. The van der Waals surface area contributed by atoms with Crippen LogP contribution in [0.4, 0.5) is 0 Å². The van der Waals surface area contributed by atoms with Gasteiger partial charge >= 0.3 is 5.97 Å². The number of ketones is 2. The summed E-state index contributed by atoms with van der Waals surface area (Å²) in [5, 5.41) is 10.2. The van der Waals surface area contributed by atoms with Crippen molar-refractivity contribution in [2.45, 2.75) is 72.3 Å². The molecule has 0 saturated carbocycles. The lowest BCUT2D eigenvalue weighted by atomic mass is 9.63. The highest BCUT2D eigenvalue weighted by atomic mass is 79.9. The van der Waals surface area contributed by atoms with Gasteiger partial charge in [-0.2, -0.15) is 0 Å². The van der Waals surface area contributed by atoms with Gasteiger partial charge in [0.25, 0.3) is 0 Å². The quantitative estimate of drug-likeness (QED) is 0.309. The Hall–Kier alpha value is -2.42. The minimum Gasteiger partial charge on any atom is -0.487 e. The van der Waals surface area contributed by atoms with Crippen molar-refractivity contribution >= 4 is 61.0 Å². The molecule has 0 atom stereocenters. The largest absolute Gasteiger partial charge is 0.487 e. The van der Waals surface area contributed by atoms with Crippen molar-refractivity contribution in [1.29, 1.82) is 0 Å². The molecular formula is C33H34Br2ClNO5. The van der Waals surface area contributed by atoms with E-state index in [9.17, 15) is 19.5 Å². The van der Waals surface area contributed by atoms with Gasteiger partial charge in [-0.1, -0.05) is 73.4 Å². The molecule has 0 saturated heterocycles. The molecule has 0 amide bonds. The van der Waals surface area contributed by atoms with E-state index >= 15 is 0 Å². The molecule has 1 N–H and O–H groups in total. The van der Waals surface area contributed by atoms with E-state index in [1.165, 1.54) is 0 Å². The second kappa shape index (κ2) is 11.6. The zero-order valence-electron chi connectivity index (χ0n) is 24.2. The number of carbonyl (C=O) groups is 3. The smallest absolute Gasteiger partial charge is 0.305 e. The number of carboxylic acids is 1. The van der Waals surface area contributed by atoms with Crippen LogP contribution >= 0.6 is 43.5 Å². The molecule has 2 aliphatic carbocycles. The van der Waals surface area contributed by atoms with E-state index in [0.717, 1.165) is 21.4 Å². The van der Waals surface area contributed by atoms with Crippen LogP contribution in [0.1, 0.15) is 76.8 Å². The van der Waals surface area contributed by atoms with Crippen molar-refractivity contribution in [2.75, 3.05) is 6.54 Å². The topological polar surface area (TPSA) is 83.9 Å². The highest BCUT2D eigenvalue weighted by molar-refractivity contribution is 9.11. The predicted octanol–water partition coefficient (Wildman–Crippen LogP) is 8.60. The lowest BCUT2D eigenvalue weighted by Crippen LogP contribution is -2.45. The van der Waals surface area contributed by atoms with Gasteiger partial charge in [-0.05, 0) is 57.8 Å². The number of carboxylic acid groups (broad SMARTS) is 1. The molecule has 0 unspecified atom stereocenters. The Morgan fingerprint density at radius 3 is 2.10 bits per heavy atom. The van der Waals surface area contributed by atoms with E-state index in [2.05, 4.69) is 59.6 Å². The second-order valence-electron chi connectivity index (χ2n) is 13.0. The van der Waals surface area contributed by atoms with E-state index in [1.807, 2.05) is 41.3 Å². The van der Waals surface area contributed by atoms with Gasteiger partial charge in [-0.15, -0.1) is 0 Å². The molecule has 3 aliphatic rings. The molecular weight excluding hydrogens is 686 g/mol. The molecule has 0 bridgehead atoms. The molecule has 0 aromatic heterocycles. The van der Waals surface area contributed by atoms with E-state index in [0.29, 0.717) is 57.6 Å². The Morgan fingerprint density at radius 1 is 0.976 bits per heavy atom. The summed E-state index contributed by atoms with van der Waals surface area (Å²) in [6.07, 6.45) is 1.77. The predicted molar refractivity (Wildman–Crippen MR) is 169 cm³/mol. The highest BCUT2D eigenvalue weighted by Crippen LogP contribution is 2.56. The Morgan fingerprint density at radius 2 is 1.55 bits per heavy atom. The Labute approximate surface area is 268 Å². The summed E-state index contributed by atoms with van der Waals surface area (Å²) in [7, 11) is 0. The number of benzene rings is 2. The number of ether oxygens (including phenoxy) is 1. The summed E-state index contributed by atoms with van der Waals surface area (Å²) in [5.74, 6) is -1.07. The highest BCUT2D eigenvalue weighted by Gasteiger charge is 2.49. The zero-order chi connectivity index (χ0) is 30.6. The number of allylic oxidation sites excluding steroid dienone is 4. The number of hydrogen-bond acceptors (Lipinski definition) is 5. The molecule has 2 aromatic rings. The molecule has 42 heavy (non-hydrogen) atoms. The van der Waals surface area contributed by atoms with Crippen LogP contribution in [0.3, 0.4) is 0 Å². The molecule has 1 heterocycles. The molecule has 0 spiro atoms. The molecule has 0 radical (unpaired) electrons. The van der Waals surface area contributed by atoms with Crippen molar-refractivity contribution in [2.24, 2.45) is 10.8 Å². The summed E-state index contributed by atoms with van der Waals surface area (Å²) < 4.78 is 7.91. The Balaban J connectivity index is 1.74. The molecule has 0 fully saturated rings. The Kier molecular flexibility index (Phi) is 8.56. The van der Waals surface area contributed by atoms with E-state index in [1.54, 1.807) is 0 Å². The third-order valence-electron chi connectivity index (χ3n) is 8.25. The summed E-state index contributed by atoms with van der Waals surface area (Å²) in [4.78, 5) is 41.9. The first-order valence-electron chi connectivity index (χ1n) is 14.0. The van der Waals surface area contributed by atoms with Gasteiger partial charge in [0, 0.05) is 68.5 Å². The maximum Gasteiger partial charge on any atom is 0.305 e. The van der Waals surface area contributed by atoms with Crippen LogP contribution in [0.5, 0.6) is 5.75 Å². The lowest BCUT2D eigenvalue weighted by molar-refractivity contribution is -0.137. The van der Waals surface area contributed by atoms with Gasteiger partial charge < -0.3 is 14.7 Å². The number of halogens is 3. The average molecular weight is 720 g/mol. The third kappa shape index (κ3) is 6.13. The van der Waals surface area contributed by atoms with Gasteiger partial charge in [-0.25, -0.2) is 0 Å². The number of nitrogens with zero attached hydrogens (tertiary/aromatic N) is 1. The van der Waals surface area contributed by atoms with Crippen LogP contribution in [-0.2, 0) is 21.0 Å². The SMILES string of the molecule is CC1(C)CC(=O)C2=C(C1)N(CCC(=O)O)C1=C(C(=O)CC(C)(C)C1)C2c1cc(Br)cc(Br)c1OCc1ccccc1Cl. The monoisotopic (exact) mass is 717 g/mol. The van der Waals surface area contributed by atoms with Crippen molar-refractivity contribution in [1.82, 2.24) is 4.90 Å². The van der Waals surface area contributed by atoms with Gasteiger partial charge in [0.05, 0.1) is 10.9 Å². The van der Waals surface area contributed by atoms with Crippen molar-refractivity contribution in [3.05, 3.63) is 84.0 Å². The van der Waals surface area contributed by atoms with Crippen LogP contribution in [0.25, 0.3) is 0 Å². The fourth-order valence-electron chi connectivity index (χ4n) is 6.55.